The van der Waals surface area contributed by atoms with E-state index in [1.54, 1.807) is 0 Å². The highest BCUT2D eigenvalue weighted by atomic mass is 16.5. The Balaban J connectivity index is 2.16. The number of nitrogens with zero attached hydrogens (tertiary/aromatic N) is 2. The zero-order valence-electron chi connectivity index (χ0n) is 9.78. The molecule has 1 aliphatic rings. The standard InChI is InChI=1S/C12H19N3O/c1-13-10-11-4-2-5-14-12(11)15-6-3-8-16-9-7-15/h2,4-5,13H,3,6-10H2,1H3. The monoisotopic (exact) mass is 221 g/mol. The Morgan fingerprint density at radius 2 is 2.38 bits per heavy atom. The average Bonchev–Trinajstić information content (AvgIpc) is 2.59. The number of aromatic nitrogens is 1. The maximum absolute atomic E-state index is 5.46. The zero-order valence-corrected chi connectivity index (χ0v) is 9.78. The van der Waals surface area contributed by atoms with Gasteiger partial charge < -0.3 is 15.0 Å². The van der Waals surface area contributed by atoms with E-state index in [1.807, 2.05) is 19.3 Å². The highest BCUT2D eigenvalue weighted by Crippen LogP contribution is 2.18. The molecule has 2 heterocycles. The van der Waals surface area contributed by atoms with Crippen molar-refractivity contribution in [3.05, 3.63) is 23.9 Å². The highest BCUT2D eigenvalue weighted by Gasteiger charge is 2.13. The van der Waals surface area contributed by atoms with Crippen LogP contribution >= 0.6 is 0 Å². The Hall–Kier alpha value is -1.13. The molecule has 0 amide bonds. The molecule has 88 valence electrons. The van der Waals surface area contributed by atoms with Crippen molar-refractivity contribution in [3.63, 3.8) is 0 Å². The Bertz CT molecular complexity index is 322. The molecule has 0 aliphatic carbocycles. The van der Waals surface area contributed by atoms with Crippen LogP contribution in [0.1, 0.15) is 12.0 Å². The molecule has 0 atom stereocenters. The largest absolute Gasteiger partial charge is 0.380 e. The van der Waals surface area contributed by atoms with Crippen LogP contribution in [0.2, 0.25) is 0 Å². The highest BCUT2D eigenvalue weighted by molar-refractivity contribution is 5.46. The van der Waals surface area contributed by atoms with Gasteiger partial charge in [-0.3, -0.25) is 0 Å². The van der Waals surface area contributed by atoms with Crippen LogP contribution in [-0.2, 0) is 11.3 Å². The van der Waals surface area contributed by atoms with Crippen LogP contribution < -0.4 is 10.2 Å². The fourth-order valence-corrected chi connectivity index (χ4v) is 2.00. The molecule has 4 heteroatoms. The maximum atomic E-state index is 5.46. The molecule has 1 aliphatic heterocycles. The first-order chi connectivity index (χ1) is 7.92. The van der Waals surface area contributed by atoms with Crippen molar-refractivity contribution in [2.75, 3.05) is 38.3 Å². The second-order valence-corrected chi connectivity index (χ2v) is 3.97. The van der Waals surface area contributed by atoms with E-state index in [-0.39, 0.29) is 0 Å². The first kappa shape index (κ1) is 11.4. The van der Waals surface area contributed by atoms with E-state index >= 15 is 0 Å². The van der Waals surface area contributed by atoms with Crippen molar-refractivity contribution in [3.8, 4) is 0 Å². The van der Waals surface area contributed by atoms with Crippen LogP contribution in [0.25, 0.3) is 0 Å². The number of hydrogen-bond acceptors (Lipinski definition) is 4. The van der Waals surface area contributed by atoms with E-state index in [0.29, 0.717) is 0 Å². The van der Waals surface area contributed by atoms with E-state index in [9.17, 15) is 0 Å². The molecule has 1 aromatic heterocycles. The van der Waals surface area contributed by atoms with Crippen LogP contribution in [0.15, 0.2) is 18.3 Å². The molecule has 1 fully saturated rings. The van der Waals surface area contributed by atoms with E-state index in [0.717, 1.165) is 45.1 Å². The number of ether oxygens (including phenoxy) is 1. The Labute approximate surface area is 96.6 Å². The number of nitrogens with one attached hydrogen (secondary N) is 1. The lowest BCUT2D eigenvalue weighted by Crippen LogP contribution is -2.28. The third-order valence-corrected chi connectivity index (χ3v) is 2.76. The van der Waals surface area contributed by atoms with Gasteiger partial charge in [-0.15, -0.1) is 0 Å². The van der Waals surface area contributed by atoms with Crippen LogP contribution in [0.4, 0.5) is 5.82 Å². The van der Waals surface area contributed by atoms with E-state index in [1.165, 1.54) is 5.56 Å². The fraction of sp³-hybridized carbons (Fsp3) is 0.583. The molecule has 0 radical (unpaired) electrons. The summed E-state index contributed by atoms with van der Waals surface area (Å²) in [5.41, 5.74) is 1.26. The van der Waals surface area contributed by atoms with Gasteiger partial charge in [0.2, 0.25) is 0 Å². The Morgan fingerprint density at radius 1 is 1.44 bits per heavy atom. The summed E-state index contributed by atoms with van der Waals surface area (Å²) >= 11 is 0. The second-order valence-electron chi connectivity index (χ2n) is 3.97. The van der Waals surface area contributed by atoms with Gasteiger partial charge in [0.05, 0.1) is 6.61 Å². The van der Waals surface area contributed by atoms with Gasteiger partial charge in [-0.2, -0.15) is 0 Å². The normalized spacial score (nSPS) is 17.2. The zero-order chi connectivity index (χ0) is 11.2. The van der Waals surface area contributed by atoms with Crippen molar-refractivity contribution >= 4 is 5.82 Å². The number of hydrogen-bond donors (Lipinski definition) is 1. The first-order valence-corrected chi connectivity index (χ1v) is 5.83. The molecule has 1 N–H and O–H groups in total. The van der Waals surface area contributed by atoms with E-state index in [4.69, 9.17) is 4.74 Å². The van der Waals surface area contributed by atoms with Crippen molar-refractivity contribution in [2.45, 2.75) is 13.0 Å². The smallest absolute Gasteiger partial charge is 0.133 e. The van der Waals surface area contributed by atoms with Crippen LogP contribution in [0.3, 0.4) is 0 Å². The molecule has 1 saturated heterocycles. The van der Waals surface area contributed by atoms with Crippen molar-refractivity contribution in [1.82, 2.24) is 10.3 Å². The van der Waals surface area contributed by atoms with Gasteiger partial charge in [0.25, 0.3) is 0 Å². The van der Waals surface area contributed by atoms with Crippen LogP contribution in [-0.4, -0.2) is 38.3 Å². The predicted molar refractivity (Wildman–Crippen MR) is 64.6 cm³/mol. The third kappa shape index (κ3) is 2.71. The molecular weight excluding hydrogens is 202 g/mol. The predicted octanol–water partition coefficient (Wildman–Crippen LogP) is 1.03. The summed E-state index contributed by atoms with van der Waals surface area (Å²) in [5.74, 6) is 1.10. The minimum absolute atomic E-state index is 0.801. The molecule has 0 bridgehead atoms. The van der Waals surface area contributed by atoms with Gasteiger partial charge in [0.15, 0.2) is 0 Å². The number of pyridine rings is 1. The summed E-state index contributed by atoms with van der Waals surface area (Å²) in [5, 5.41) is 3.18. The lowest BCUT2D eigenvalue weighted by atomic mass is 10.2. The Morgan fingerprint density at radius 3 is 3.25 bits per heavy atom. The number of rotatable bonds is 3. The minimum Gasteiger partial charge on any atom is -0.380 e. The van der Waals surface area contributed by atoms with Crippen molar-refractivity contribution < 1.29 is 4.74 Å². The van der Waals surface area contributed by atoms with Crippen LogP contribution in [0.5, 0.6) is 0 Å². The van der Waals surface area contributed by atoms with Gasteiger partial charge >= 0.3 is 0 Å². The topological polar surface area (TPSA) is 37.4 Å². The molecular formula is C12H19N3O. The van der Waals surface area contributed by atoms with Gasteiger partial charge in [0, 0.05) is 38.0 Å². The molecule has 4 nitrogen and oxygen atoms in total. The minimum atomic E-state index is 0.801. The van der Waals surface area contributed by atoms with Crippen molar-refractivity contribution in [2.24, 2.45) is 0 Å². The molecule has 0 unspecified atom stereocenters. The van der Waals surface area contributed by atoms with E-state index < -0.39 is 0 Å². The number of anilines is 1. The van der Waals surface area contributed by atoms with Gasteiger partial charge in [-0.25, -0.2) is 4.98 Å². The molecule has 16 heavy (non-hydrogen) atoms. The quantitative estimate of drug-likeness (QED) is 0.827. The van der Waals surface area contributed by atoms with Gasteiger partial charge in [0.1, 0.15) is 5.82 Å². The first-order valence-electron chi connectivity index (χ1n) is 5.83. The van der Waals surface area contributed by atoms with Crippen molar-refractivity contribution in [1.29, 1.82) is 0 Å². The third-order valence-electron chi connectivity index (χ3n) is 2.76. The summed E-state index contributed by atoms with van der Waals surface area (Å²) < 4.78 is 5.46. The molecule has 0 saturated carbocycles. The van der Waals surface area contributed by atoms with Crippen LogP contribution in [0, 0.1) is 0 Å². The lowest BCUT2D eigenvalue weighted by Gasteiger charge is -2.23. The summed E-state index contributed by atoms with van der Waals surface area (Å²) in [7, 11) is 1.96. The summed E-state index contributed by atoms with van der Waals surface area (Å²) in [6.07, 6.45) is 2.94. The van der Waals surface area contributed by atoms with Gasteiger partial charge in [-0.05, 0) is 19.5 Å². The lowest BCUT2D eigenvalue weighted by molar-refractivity contribution is 0.152. The fourth-order valence-electron chi connectivity index (χ4n) is 2.00. The van der Waals surface area contributed by atoms with E-state index in [2.05, 4.69) is 21.3 Å². The maximum Gasteiger partial charge on any atom is 0.133 e. The average molecular weight is 221 g/mol. The summed E-state index contributed by atoms with van der Waals surface area (Å²) in [6.45, 7) is 4.50. The molecule has 0 aromatic carbocycles. The summed E-state index contributed by atoms with van der Waals surface area (Å²) in [6, 6.07) is 4.12. The SMILES string of the molecule is CNCc1cccnc1N1CCCOCC1. The van der Waals surface area contributed by atoms with Gasteiger partial charge in [-0.1, -0.05) is 6.07 Å². The molecule has 2 rings (SSSR count). The summed E-state index contributed by atoms with van der Waals surface area (Å²) in [4.78, 5) is 6.81. The molecule has 0 spiro atoms. The Kier molecular flexibility index (Phi) is 4.13. The second kappa shape index (κ2) is 5.82. The molecule has 1 aromatic rings.